The number of carbonyl (C=O) groups is 2. The van der Waals surface area contributed by atoms with Gasteiger partial charge in [0, 0.05) is 19.6 Å². The number of hydrogen-bond donors (Lipinski definition) is 1. The highest BCUT2D eigenvalue weighted by molar-refractivity contribution is 7.18. The number of thiophene rings is 1. The minimum absolute atomic E-state index is 0.0682. The second-order valence-corrected chi connectivity index (χ2v) is 5.24. The maximum Gasteiger partial charge on any atom is 0.348 e. The van der Waals surface area contributed by atoms with Gasteiger partial charge < -0.3 is 14.8 Å². The van der Waals surface area contributed by atoms with Crippen molar-refractivity contribution in [1.29, 1.82) is 0 Å². The van der Waals surface area contributed by atoms with Crippen LogP contribution in [0.15, 0.2) is 6.07 Å². The predicted molar refractivity (Wildman–Crippen MR) is 79.4 cm³/mol. The Morgan fingerprint density at radius 3 is 2.70 bits per heavy atom. The molecule has 1 aromatic heterocycles. The maximum absolute atomic E-state index is 11.7. The molecule has 1 rings (SSSR count). The summed E-state index contributed by atoms with van der Waals surface area (Å²) in [7, 11) is 0. The van der Waals surface area contributed by atoms with Crippen molar-refractivity contribution < 1.29 is 19.1 Å². The molecular weight excluding hydrogens is 278 g/mol. The molecule has 1 amide bonds. The fraction of sp³-hybridized carbons (Fsp3) is 0.571. The number of anilines is 1. The molecule has 0 spiro atoms. The van der Waals surface area contributed by atoms with Crippen LogP contribution in [-0.4, -0.2) is 31.7 Å². The molecule has 0 aliphatic heterocycles. The molecule has 1 heterocycles. The van der Waals surface area contributed by atoms with Gasteiger partial charge in [-0.3, -0.25) is 4.79 Å². The van der Waals surface area contributed by atoms with Gasteiger partial charge in [0.05, 0.1) is 11.6 Å². The SMILES string of the molecule is CCOCCCC(=O)Nc1cc(C)c(C(=O)OCC)s1. The van der Waals surface area contributed by atoms with E-state index in [0.29, 0.717) is 42.5 Å². The Morgan fingerprint density at radius 2 is 2.05 bits per heavy atom. The second-order valence-electron chi connectivity index (χ2n) is 4.19. The quantitative estimate of drug-likeness (QED) is 0.592. The third kappa shape index (κ3) is 5.30. The van der Waals surface area contributed by atoms with Crippen molar-refractivity contribution in [3.63, 3.8) is 0 Å². The van der Waals surface area contributed by atoms with Crippen molar-refractivity contribution in [2.24, 2.45) is 0 Å². The summed E-state index contributed by atoms with van der Waals surface area (Å²) in [6, 6.07) is 1.79. The fourth-order valence-electron chi connectivity index (χ4n) is 1.62. The van der Waals surface area contributed by atoms with Crippen molar-refractivity contribution in [3.05, 3.63) is 16.5 Å². The van der Waals surface area contributed by atoms with Crippen LogP contribution in [0.4, 0.5) is 5.00 Å². The average molecular weight is 299 g/mol. The van der Waals surface area contributed by atoms with Gasteiger partial charge >= 0.3 is 5.97 Å². The monoisotopic (exact) mass is 299 g/mol. The van der Waals surface area contributed by atoms with E-state index in [2.05, 4.69) is 5.32 Å². The summed E-state index contributed by atoms with van der Waals surface area (Å²) in [5.74, 6) is -0.409. The molecule has 0 aromatic carbocycles. The van der Waals surface area contributed by atoms with E-state index in [0.717, 1.165) is 5.56 Å². The summed E-state index contributed by atoms with van der Waals surface area (Å²) in [6.45, 7) is 7.10. The predicted octanol–water partition coefficient (Wildman–Crippen LogP) is 2.99. The lowest BCUT2D eigenvalue weighted by Gasteiger charge is -2.02. The number of hydrogen-bond acceptors (Lipinski definition) is 5. The number of rotatable bonds is 8. The highest BCUT2D eigenvalue weighted by Gasteiger charge is 2.15. The van der Waals surface area contributed by atoms with E-state index in [4.69, 9.17) is 9.47 Å². The van der Waals surface area contributed by atoms with Crippen LogP contribution in [0.5, 0.6) is 0 Å². The topological polar surface area (TPSA) is 64.6 Å². The number of ether oxygens (including phenoxy) is 2. The average Bonchev–Trinajstić information content (AvgIpc) is 2.76. The lowest BCUT2D eigenvalue weighted by atomic mass is 10.3. The van der Waals surface area contributed by atoms with Gasteiger partial charge in [0.15, 0.2) is 0 Å². The number of esters is 1. The molecular formula is C14H21NO4S. The first-order chi connectivity index (χ1) is 9.58. The Balaban J connectivity index is 2.50. The molecule has 0 bridgehead atoms. The van der Waals surface area contributed by atoms with Gasteiger partial charge in [-0.15, -0.1) is 11.3 Å². The van der Waals surface area contributed by atoms with Crippen LogP contribution in [0, 0.1) is 6.92 Å². The Morgan fingerprint density at radius 1 is 1.30 bits per heavy atom. The van der Waals surface area contributed by atoms with Crippen LogP contribution in [0.25, 0.3) is 0 Å². The van der Waals surface area contributed by atoms with E-state index in [1.165, 1.54) is 11.3 Å². The van der Waals surface area contributed by atoms with Gasteiger partial charge in [-0.25, -0.2) is 4.79 Å². The maximum atomic E-state index is 11.7. The summed E-state index contributed by atoms with van der Waals surface area (Å²) in [5, 5.41) is 3.47. The number of aryl methyl sites for hydroxylation is 1. The van der Waals surface area contributed by atoms with Crippen molar-refractivity contribution in [1.82, 2.24) is 0 Å². The fourth-order valence-corrected chi connectivity index (χ4v) is 2.60. The Kier molecular flexibility index (Phi) is 7.25. The summed E-state index contributed by atoms with van der Waals surface area (Å²) in [6.07, 6.45) is 1.10. The van der Waals surface area contributed by atoms with E-state index >= 15 is 0 Å². The molecule has 20 heavy (non-hydrogen) atoms. The molecule has 0 radical (unpaired) electrons. The van der Waals surface area contributed by atoms with E-state index in [1.807, 2.05) is 13.8 Å². The smallest absolute Gasteiger partial charge is 0.348 e. The number of carbonyl (C=O) groups excluding carboxylic acids is 2. The van der Waals surface area contributed by atoms with E-state index in [9.17, 15) is 9.59 Å². The molecule has 5 nitrogen and oxygen atoms in total. The standard InChI is InChI=1S/C14H21NO4S/c1-4-18-8-6-7-11(16)15-12-9-10(3)13(20-12)14(17)19-5-2/h9H,4-8H2,1-3H3,(H,15,16). The van der Waals surface area contributed by atoms with E-state index < -0.39 is 0 Å². The molecule has 0 saturated carbocycles. The molecule has 6 heteroatoms. The zero-order valence-corrected chi connectivity index (χ0v) is 13.0. The molecule has 112 valence electrons. The van der Waals surface area contributed by atoms with Gasteiger partial charge in [0.1, 0.15) is 4.88 Å². The molecule has 0 unspecified atom stereocenters. The molecule has 1 aromatic rings. The lowest BCUT2D eigenvalue weighted by Crippen LogP contribution is -2.11. The van der Waals surface area contributed by atoms with Gasteiger partial charge in [0.2, 0.25) is 5.91 Å². The first-order valence-corrected chi connectivity index (χ1v) is 7.55. The minimum atomic E-state index is -0.341. The number of amides is 1. The summed E-state index contributed by atoms with van der Waals surface area (Å²) in [5.41, 5.74) is 0.818. The highest BCUT2D eigenvalue weighted by Crippen LogP contribution is 2.27. The van der Waals surface area contributed by atoms with Crippen LogP contribution < -0.4 is 5.32 Å². The molecule has 0 atom stereocenters. The molecule has 0 saturated heterocycles. The lowest BCUT2D eigenvalue weighted by molar-refractivity contribution is -0.116. The minimum Gasteiger partial charge on any atom is -0.462 e. The summed E-state index contributed by atoms with van der Waals surface area (Å²) < 4.78 is 10.1. The largest absolute Gasteiger partial charge is 0.462 e. The normalized spacial score (nSPS) is 10.3. The molecule has 0 aliphatic rings. The zero-order chi connectivity index (χ0) is 15.0. The van der Waals surface area contributed by atoms with Crippen LogP contribution >= 0.6 is 11.3 Å². The van der Waals surface area contributed by atoms with Crippen molar-refractivity contribution in [2.45, 2.75) is 33.6 Å². The Bertz CT molecular complexity index is 456. The van der Waals surface area contributed by atoms with Gasteiger partial charge in [-0.05, 0) is 38.8 Å². The van der Waals surface area contributed by atoms with Crippen LogP contribution in [-0.2, 0) is 14.3 Å². The van der Waals surface area contributed by atoms with E-state index in [1.54, 1.807) is 13.0 Å². The van der Waals surface area contributed by atoms with Gasteiger partial charge in [-0.2, -0.15) is 0 Å². The molecule has 0 fully saturated rings. The molecule has 1 N–H and O–H groups in total. The zero-order valence-electron chi connectivity index (χ0n) is 12.2. The van der Waals surface area contributed by atoms with Crippen molar-refractivity contribution in [3.8, 4) is 0 Å². The van der Waals surface area contributed by atoms with Crippen LogP contribution in [0.3, 0.4) is 0 Å². The highest BCUT2D eigenvalue weighted by atomic mass is 32.1. The Hall–Kier alpha value is -1.40. The van der Waals surface area contributed by atoms with Gasteiger partial charge in [-0.1, -0.05) is 0 Å². The Labute approximate surface area is 123 Å². The summed E-state index contributed by atoms with van der Waals surface area (Å²) >= 11 is 1.24. The first-order valence-electron chi connectivity index (χ1n) is 6.73. The van der Waals surface area contributed by atoms with Crippen LogP contribution in [0.1, 0.15) is 41.9 Å². The summed E-state index contributed by atoms with van der Waals surface area (Å²) in [4.78, 5) is 23.9. The van der Waals surface area contributed by atoms with Crippen LogP contribution in [0.2, 0.25) is 0 Å². The second kappa shape index (κ2) is 8.71. The third-order valence-corrected chi connectivity index (χ3v) is 3.67. The third-order valence-electron chi connectivity index (χ3n) is 2.54. The first kappa shape index (κ1) is 16.7. The number of nitrogens with one attached hydrogen (secondary N) is 1. The van der Waals surface area contributed by atoms with Crippen molar-refractivity contribution in [2.75, 3.05) is 25.1 Å². The van der Waals surface area contributed by atoms with E-state index in [-0.39, 0.29) is 11.9 Å². The molecule has 0 aliphatic carbocycles. The van der Waals surface area contributed by atoms with Gasteiger partial charge in [0.25, 0.3) is 0 Å². The van der Waals surface area contributed by atoms with Crippen molar-refractivity contribution >= 4 is 28.2 Å².